The maximum Gasteiger partial charge on any atom is 0.308 e. The van der Waals surface area contributed by atoms with Gasteiger partial charge < -0.3 is 14.6 Å². The van der Waals surface area contributed by atoms with Crippen LogP contribution < -0.4 is 0 Å². The predicted molar refractivity (Wildman–Crippen MR) is 50.9 cm³/mol. The summed E-state index contributed by atoms with van der Waals surface area (Å²) in [5, 5.41) is 17.0. The van der Waals surface area contributed by atoms with Crippen LogP contribution in [0.15, 0.2) is 12.2 Å². The van der Waals surface area contributed by atoms with Crippen LogP contribution >= 0.6 is 0 Å². The minimum atomic E-state index is -0.994. The fourth-order valence-electron chi connectivity index (χ4n) is 1.50. The Morgan fingerprint density at radius 2 is 2.20 bits per heavy atom. The maximum atomic E-state index is 10.6. The third kappa shape index (κ3) is 3.70. The van der Waals surface area contributed by atoms with Gasteiger partial charge in [0.2, 0.25) is 0 Å². The van der Waals surface area contributed by atoms with Crippen LogP contribution in [0.3, 0.4) is 0 Å². The molecule has 0 atom stereocenters. The molecular formula is C10H13NO4. The number of allylic oxidation sites excluding steroid dienone is 2. The molecule has 1 aliphatic heterocycles. The van der Waals surface area contributed by atoms with Crippen molar-refractivity contribution in [3.8, 4) is 6.07 Å². The molecule has 0 unspecified atom stereocenters. The van der Waals surface area contributed by atoms with E-state index in [1.165, 1.54) is 6.08 Å². The van der Waals surface area contributed by atoms with Crippen LogP contribution in [0.2, 0.25) is 0 Å². The van der Waals surface area contributed by atoms with Gasteiger partial charge in [-0.1, -0.05) is 6.08 Å². The van der Waals surface area contributed by atoms with Crippen molar-refractivity contribution in [2.45, 2.75) is 25.0 Å². The molecule has 5 nitrogen and oxygen atoms in total. The Balaban J connectivity index is 2.47. The van der Waals surface area contributed by atoms with Gasteiger partial charge in [-0.15, -0.1) is 0 Å². The number of aliphatic carboxylic acids is 1. The number of nitrogens with zero attached hydrogens (tertiary/aromatic N) is 1. The second-order valence-electron chi connectivity index (χ2n) is 3.25. The average Bonchev–Trinajstić information content (AvgIpc) is 2.61. The number of ether oxygens (including phenoxy) is 2. The highest BCUT2D eigenvalue weighted by molar-refractivity contribution is 5.67. The lowest BCUT2D eigenvalue weighted by Gasteiger charge is -2.24. The molecule has 1 rings (SSSR count). The Morgan fingerprint density at radius 3 is 2.73 bits per heavy atom. The third-order valence-electron chi connectivity index (χ3n) is 2.12. The predicted octanol–water partition coefficient (Wildman–Crippen LogP) is 1.06. The summed E-state index contributed by atoms with van der Waals surface area (Å²) in [5.74, 6) is -1.94. The van der Waals surface area contributed by atoms with Gasteiger partial charge in [0.05, 0.1) is 25.7 Å². The summed E-state index contributed by atoms with van der Waals surface area (Å²) >= 11 is 0. The Bertz CT molecular complexity index is 286. The monoisotopic (exact) mass is 211 g/mol. The van der Waals surface area contributed by atoms with E-state index >= 15 is 0 Å². The molecule has 5 heteroatoms. The van der Waals surface area contributed by atoms with Crippen molar-refractivity contribution in [1.82, 2.24) is 0 Å². The van der Waals surface area contributed by atoms with E-state index in [1.807, 2.05) is 6.07 Å². The summed E-state index contributed by atoms with van der Waals surface area (Å²) in [5.41, 5.74) is 0. The number of carboxylic acids is 1. The van der Waals surface area contributed by atoms with Crippen LogP contribution in [0.25, 0.3) is 0 Å². The number of carbonyl (C=O) groups is 1. The van der Waals surface area contributed by atoms with Crippen molar-refractivity contribution in [3.63, 3.8) is 0 Å². The van der Waals surface area contributed by atoms with E-state index in [9.17, 15) is 4.79 Å². The Hall–Kier alpha value is -1.38. The third-order valence-corrected chi connectivity index (χ3v) is 2.12. The lowest BCUT2D eigenvalue weighted by molar-refractivity contribution is -0.181. The normalized spacial score (nSPS) is 19.1. The molecule has 1 fully saturated rings. The van der Waals surface area contributed by atoms with Gasteiger partial charge in [-0.2, -0.15) is 5.26 Å². The number of hydrogen-bond donors (Lipinski definition) is 1. The first-order valence-corrected chi connectivity index (χ1v) is 4.73. The van der Waals surface area contributed by atoms with E-state index in [0.717, 1.165) is 0 Å². The van der Waals surface area contributed by atoms with E-state index in [0.29, 0.717) is 26.1 Å². The summed E-state index contributed by atoms with van der Waals surface area (Å²) in [6, 6.07) is 1.87. The average molecular weight is 211 g/mol. The highest BCUT2D eigenvalue weighted by Gasteiger charge is 2.38. The van der Waals surface area contributed by atoms with Gasteiger partial charge in [0.1, 0.15) is 0 Å². The summed E-state index contributed by atoms with van der Waals surface area (Å²) in [6.45, 7) is 0.852. The summed E-state index contributed by atoms with van der Waals surface area (Å²) in [7, 11) is 0. The molecule has 15 heavy (non-hydrogen) atoms. The van der Waals surface area contributed by atoms with Gasteiger partial charge >= 0.3 is 5.97 Å². The van der Waals surface area contributed by atoms with E-state index in [4.69, 9.17) is 19.8 Å². The highest BCUT2D eigenvalue weighted by Crippen LogP contribution is 2.28. The molecule has 1 aliphatic rings. The molecule has 82 valence electrons. The largest absolute Gasteiger partial charge is 0.481 e. The molecule has 0 aromatic heterocycles. The first-order chi connectivity index (χ1) is 7.18. The topological polar surface area (TPSA) is 79.6 Å². The maximum absolute atomic E-state index is 10.6. The molecule has 0 aromatic carbocycles. The van der Waals surface area contributed by atoms with Crippen molar-refractivity contribution < 1.29 is 19.4 Å². The SMILES string of the molecule is N#C/C=C/CCC1(CC(=O)O)OCCO1. The minimum Gasteiger partial charge on any atom is -0.481 e. The van der Waals surface area contributed by atoms with Crippen molar-refractivity contribution >= 4 is 5.97 Å². The van der Waals surface area contributed by atoms with E-state index in [-0.39, 0.29) is 6.42 Å². The van der Waals surface area contributed by atoms with Crippen LogP contribution in [0.4, 0.5) is 0 Å². The molecule has 0 spiro atoms. The zero-order valence-corrected chi connectivity index (χ0v) is 8.31. The minimum absolute atomic E-state index is 0.159. The van der Waals surface area contributed by atoms with Crippen LogP contribution in [-0.4, -0.2) is 30.1 Å². The summed E-state index contributed by atoms with van der Waals surface area (Å²) in [4.78, 5) is 10.6. The first-order valence-electron chi connectivity index (χ1n) is 4.73. The zero-order valence-electron chi connectivity index (χ0n) is 8.31. The standard InChI is InChI=1S/C10H13NO4/c11-5-3-1-2-4-10(8-9(12)13)14-6-7-15-10/h1,3H,2,4,6-8H2,(H,12,13)/b3-1+. The van der Waals surface area contributed by atoms with Crippen LogP contribution in [0.5, 0.6) is 0 Å². The van der Waals surface area contributed by atoms with Gasteiger partial charge in [-0.25, -0.2) is 0 Å². The lowest BCUT2D eigenvalue weighted by Crippen LogP contribution is -2.32. The van der Waals surface area contributed by atoms with Gasteiger partial charge in [-0.05, 0) is 6.42 Å². The molecule has 1 N–H and O–H groups in total. The fraction of sp³-hybridized carbons (Fsp3) is 0.600. The summed E-state index contributed by atoms with van der Waals surface area (Å²) in [6.07, 6.45) is 3.91. The zero-order chi connectivity index (χ0) is 11.1. The number of carboxylic acid groups (broad SMARTS) is 1. The second kappa shape index (κ2) is 5.49. The molecule has 0 saturated carbocycles. The van der Waals surface area contributed by atoms with Gasteiger partial charge in [0.25, 0.3) is 0 Å². The van der Waals surface area contributed by atoms with Gasteiger partial charge in [0, 0.05) is 12.5 Å². The van der Waals surface area contributed by atoms with Gasteiger partial charge in [0.15, 0.2) is 5.79 Å². The summed E-state index contributed by atoms with van der Waals surface area (Å²) < 4.78 is 10.6. The fourth-order valence-corrected chi connectivity index (χ4v) is 1.50. The van der Waals surface area contributed by atoms with Crippen LogP contribution in [0.1, 0.15) is 19.3 Å². The smallest absolute Gasteiger partial charge is 0.308 e. The molecular weight excluding hydrogens is 198 g/mol. The number of nitriles is 1. The number of hydrogen-bond acceptors (Lipinski definition) is 4. The van der Waals surface area contributed by atoms with Crippen molar-refractivity contribution in [2.24, 2.45) is 0 Å². The van der Waals surface area contributed by atoms with Crippen molar-refractivity contribution in [1.29, 1.82) is 5.26 Å². The van der Waals surface area contributed by atoms with Gasteiger partial charge in [-0.3, -0.25) is 4.79 Å². The van der Waals surface area contributed by atoms with Crippen LogP contribution in [0, 0.1) is 11.3 Å². The molecule has 0 radical (unpaired) electrons. The van der Waals surface area contributed by atoms with Crippen molar-refractivity contribution in [2.75, 3.05) is 13.2 Å². The van der Waals surface area contributed by atoms with E-state index in [1.54, 1.807) is 6.08 Å². The Morgan fingerprint density at radius 1 is 1.53 bits per heavy atom. The number of rotatable bonds is 5. The molecule has 0 aromatic rings. The highest BCUT2D eigenvalue weighted by atomic mass is 16.7. The molecule has 0 aliphatic carbocycles. The molecule has 0 amide bonds. The molecule has 1 saturated heterocycles. The lowest BCUT2D eigenvalue weighted by atomic mass is 10.1. The van der Waals surface area contributed by atoms with Crippen molar-refractivity contribution in [3.05, 3.63) is 12.2 Å². The van der Waals surface area contributed by atoms with Crippen LogP contribution in [-0.2, 0) is 14.3 Å². The molecule has 0 bridgehead atoms. The Kier molecular flexibility index (Phi) is 4.28. The molecule has 1 heterocycles. The quantitative estimate of drug-likeness (QED) is 0.688. The second-order valence-corrected chi connectivity index (χ2v) is 3.25. The first kappa shape index (κ1) is 11.7. The van der Waals surface area contributed by atoms with E-state index < -0.39 is 11.8 Å². The Labute approximate surface area is 87.9 Å². The van der Waals surface area contributed by atoms with E-state index in [2.05, 4.69) is 0 Å².